The number of pyridine rings is 1. The van der Waals surface area contributed by atoms with E-state index < -0.39 is 0 Å². The van der Waals surface area contributed by atoms with E-state index in [1.165, 1.54) is 0 Å². The molecule has 2 aromatic carbocycles. The van der Waals surface area contributed by atoms with Gasteiger partial charge in [-0.05, 0) is 35.4 Å². The average molecular weight is 417 g/mol. The largest absolute Gasteiger partial charge is 0.335 e. The van der Waals surface area contributed by atoms with Crippen LogP contribution in [0.1, 0.15) is 10.5 Å². The van der Waals surface area contributed by atoms with E-state index in [-0.39, 0.29) is 5.91 Å². The molecule has 1 N–H and O–H groups in total. The Hall–Kier alpha value is -3.15. The summed E-state index contributed by atoms with van der Waals surface area (Å²) in [5, 5.41) is 3.96. The van der Waals surface area contributed by atoms with E-state index in [0.29, 0.717) is 29.5 Å². The van der Waals surface area contributed by atoms with Crippen LogP contribution in [-0.2, 0) is 0 Å². The van der Waals surface area contributed by atoms with Crippen molar-refractivity contribution >= 4 is 23.2 Å². The minimum absolute atomic E-state index is 0.000776. The molecule has 1 aliphatic rings. The Morgan fingerprint density at radius 1 is 0.867 bits per heavy atom. The number of nitrogens with zero attached hydrogens (tertiary/aromatic N) is 3. The van der Waals surface area contributed by atoms with Crippen LogP contribution in [0.25, 0.3) is 28.0 Å². The van der Waals surface area contributed by atoms with Crippen molar-refractivity contribution in [3.8, 4) is 22.4 Å². The van der Waals surface area contributed by atoms with Crippen LogP contribution in [0.4, 0.5) is 0 Å². The number of carbonyl (C=O) groups excluding carboxylic acids is 1. The Bertz CT molecular complexity index is 1200. The smallest absolute Gasteiger partial charge is 0.273 e. The number of aromatic nitrogens is 2. The molecule has 1 saturated heterocycles. The van der Waals surface area contributed by atoms with Gasteiger partial charge in [0.25, 0.3) is 5.91 Å². The SMILES string of the molecule is O=C(c1c(-c2ccc(Cl)cc2)nc2ccc(-c3ccccc3)cn12)N1CCNCC1. The first-order chi connectivity index (χ1) is 14.7. The minimum Gasteiger partial charge on any atom is -0.335 e. The highest BCUT2D eigenvalue weighted by Crippen LogP contribution is 2.29. The maximum Gasteiger partial charge on any atom is 0.273 e. The number of benzene rings is 2. The Morgan fingerprint density at radius 2 is 1.57 bits per heavy atom. The summed E-state index contributed by atoms with van der Waals surface area (Å²) in [7, 11) is 0. The third-order valence-electron chi connectivity index (χ3n) is 5.45. The average Bonchev–Trinajstić information content (AvgIpc) is 3.19. The summed E-state index contributed by atoms with van der Waals surface area (Å²) in [6, 6.07) is 21.7. The number of rotatable bonds is 3. The van der Waals surface area contributed by atoms with Crippen molar-refractivity contribution < 1.29 is 4.79 Å². The van der Waals surface area contributed by atoms with Crippen LogP contribution < -0.4 is 5.32 Å². The van der Waals surface area contributed by atoms with Crippen LogP contribution in [0.2, 0.25) is 5.02 Å². The van der Waals surface area contributed by atoms with Gasteiger partial charge in [0.05, 0.1) is 0 Å². The highest BCUT2D eigenvalue weighted by atomic mass is 35.5. The van der Waals surface area contributed by atoms with Gasteiger partial charge in [0.1, 0.15) is 17.0 Å². The summed E-state index contributed by atoms with van der Waals surface area (Å²) in [6.45, 7) is 2.97. The minimum atomic E-state index is -0.000776. The molecule has 0 saturated carbocycles. The van der Waals surface area contributed by atoms with E-state index in [1.54, 1.807) is 0 Å². The van der Waals surface area contributed by atoms with Crippen LogP contribution in [0.5, 0.6) is 0 Å². The molecule has 0 aliphatic carbocycles. The third kappa shape index (κ3) is 3.47. The summed E-state index contributed by atoms with van der Waals surface area (Å²) in [5.41, 5.74) is 5.03. The van der Waals surface area contributed by atoms with Gasteiger partial charge in [-0.3, -0.25) is 9.20 Å². The lowest BCUT2D eigenvalue weighted by Gasteiger charge is -2.27. The first kappa shape index (κ1) is 18.9. The molecule has 0 atom stereocenters. The Kier molecular flexibility index (Phi) is 4.99. The highest BCUT2D eigenvalue weighted by Gasteiger charge is 2.26. The number of amides is 1. The van der Waals surface area contributed by atoms with E-state index in [2.05, 4.69) is 17.4 Å². The van der Waals surface area contributed by atoms with Crippen LogP contribution >= 0.6 is 11.6 Å². The van der Waals surface area contributed by atoms with Gasteiger partial charge in [0, 0.05) is 43.0 Å². The number of imidazole rings is 1. The van der Waals surface area contributed by atoms with Crippen LogP contribution in [0, 0.1) is 0 Å². The molecule has 1 aliphatic heterocycles. The lowest BCUT2D eigenvalue weighted by Crippen LogP contribution is -2.46. The number of carbonyl (C=O) groups is 1. The summed E-state index contributed by atoms with van der Waals surface area (Å²) < 4.78 is 1.93. The number of hydrogen-bond donors (Lipinski definition) is 1. The van der Waals surface area contributed by atoms with E-state index in [1.807, 2.05) is 70.1 Å². The summed E-state index contributed by atoms with van der Waals surface area (Å²) in [5.74, 6) is -0.000776. The molecular weight excluding hydrogens is 396 g/mol. The van der Waals surface area contributed by atoms with Gasteiger partial charge in [-0.2, -0.15) is 0 Å². The second-order valence-corrected chi connectivity index (χ2v) is 7.81. The zero-order valence-electron chi connectivity index (χ0n) is 16.4. The number of hydrogen-bond acceptors (Lipinski definition) is 3. The molecule has 5 rings (SSSR count). The lowest BCUT2D eigenvalue weighted by atomic mass is 10.1. The molecule has 4 aromatic rings. The monoisotopic (exact) mass is 416 g/mol. The molecule has 5 nitrogen and oxygen atoms in total. The molecule has 0 spiro atoms. The quantitative estimate of drug-likeness (QED) is 0.539. The van der Waals surface area contributed by atoms with Crippen LogP contribution in [-0.4, -0.2) is 46.4 Å². The molecule has 0 unspecified atom stereocenters. The molecule has 3 heterocycles. The molecule has 1 amide bonds. The zero-order chi connectivity index (χ0) is 20.5. The lowest BCUT2D eigenvalue weighted by molar-refractivity contribution is 0.0729. The number of halogens is 1. The Balaban J connectivity index is 1.70. The first-order valence-electron chi connectivity index (χ1n) is 10.0. The van der Waals surface area contributed by atoms with Crippen LogP contribution in [0.3, 0.4) is 0 Å². The summed E-state index contributed by atoms with van der Waals surface area (Å²) in [6.07, 6.45) is 2.01. The van der Waals surface area contributed by atoms with Crippen molar-refractivity contribution in [2.75, 3.05) is 26.2 Å². The summed E-state index contributed by atoms with van der Waals surface area (Å²) in [4.78, 5) is 20.3. The van der Waals surface area contributed by atoms with Crippen molar-refractivity contribution in [1.29, 1.82) is 0 Å². The van der Waals surface area contributed by atoms with E-state index in [0.717, 1.165) is 35.4 Å². The standard InChI is InChI=1S/C24H21ClN4O/c25-20-9-6-18(7-10-20)22-23(24(30)28-14-12-26-13-15-28)29-16-19(8-11-21(29)27-22)17-4-2-1-3-5-17/h1-11,16,26H,12-15H2. The van der Waals surface area contributed by atoms with Crippen molar-refractivity contribution in [3.05, 3.63) is 83.6 Å². The molecule has 150 valence electrons. The maximum absolute atomic E-state index is 13.6. The van der Waals surface area contributed by atoms with Gasteiger partial charge in [0.2, 0.25) is 0 Å². The zero-order valence-corrected chi connectivity index (χ0v) is 17.1. The van der Waals surface area contributed by atoms with E-state index in [9.17, 15) is 4.79 Å². The number of fused-ring (bicyclic) bond motifs is 1. The van der Waals surface area contributed by atoms with Gasteiger partial charge < -0.3 is 10.2 Å². The fourth-order valence-corrected chi connectivity index (χ4v) is 4.00. The van der Waals surface area contributed by atoms with Gasteiger partial charge in [-0.15, -0.1) is 0 Å². The molecular formula is C24H21ClN4O. The van der Waals surface area contributed by atoms with Crippen LogP contribution in [0.15, 0.2) is 72.9 Å². The van der Waals surface area contributed by atoms with Gasteiger partial charge >= 0.3 is 0 Å². The van der Waals surface area contributed by atoms with Gasteiger partial charge in [0.15, 0.2) is 0 Å². The fourth-order valence-electron chi connectivity index (χ4n) is 3.88. The predicted molar refractivity (Wildman–Crippen MR) is 120 cm³/mol. The van der Waals surface area contributed by atoms with E-state index >= 15 is 0 Å². The third-order valence-corrected chi connectivity index (χ3v) is 5.70. The summed E-state index contributed by atoms with van der Waals surface area (Å²) >= 11 is 6.08. The topological polar surface area (TPSA) is 49.6 Å². The Morgan fingerprint density at radius 3 is 2.30 bits per heavy atom. The molecule has 1 fully saturated rings. The maximum atomic E-state index is 13.6. The second-order valence-electron chi connectivity index (χ2n) is 7.37. The molecule has 2 aromatic heterocycles. The van der Waals surface area contributed by atoms with Crippen molar-refractivity contribution in [2.24, 2.45) is 0 Å². The molecule has 30 heavy (non-hydrogen) atoms. The number of nitrogens with one attached hydrogen (secondary N) is 1. The predicted octanol–water partition coefficient (Wildman–Crippen LogP) is 4.37. The molecule has 0 radical (unpaired) electrons. The Labute approximate surface area is 179 Å². The van der Waals surface area contributed by atoms with E-state index in [4.69, 9.17) is 16.6 Å². The highest BCUT2D eigenvalue weighted by molar-refractivity contribution is 6.30. The molecule has 6 heteroatoms. The molecule has 0 bridgehead atoms. The first-order valence-corrected chi connectivity index (χ1v) is 10.4. The second kappa shape index (κ2) is 7.94. The normalized spacial score (nSPS) is 14.2. The van der Waals surface area contributed by atoms with Gasteiger partial charge in [-0.25, -0.2) is 4.98 Å². The fraction of sp³-hybridized carbons (Fsp3) is 0.167. The van der Waals surface area contributed by atoms with Crippen molar-refractivity contribution in [3.63, 3.8) is 0 Å². The number of piperazine rings is 1. The van der Waals surface area contributed by atoms with Crippen molar-refractivity contribution in [2.45, 2.75) is 0 Å². The van der Waals surface area contributed by atoms with Crippen molar-refractivity contribution in [1.82, 2.24) is 19.6 Å². The van der Waals surface area contributed by atoms with Gasteiger partial charge in [-0.1, -0.05) is 54.1 Å².